The molecule has 22 heavy (non-hydrogen) atoms. The molecule has 1 saturated heterocycles. The molecule has 0 bridgehead atoms. The van der Waals surface area contributed by atoms with Crippen LogP contribution in [0.2, 0.25) is 0 Å². The van der Waals surface area contributed by atoms with Gasteiger partial charge in [-0.3, -0.25) is 9.59 Å². The van der Waals surface area contributed by atoms with Crippen LogP contribution in [0.5, 0.6) is 0 Å². The molecule has 0 aromatic heterocycles. The van der Waals surface area contributed by atoms with Gasteiger partial charge in [-0.05, 0) is 12.1 Å². The van der Waals surface area contributed by atoms with Crippen LogP contribution in [-0.4, -0.2) is 63.7 Å². The monoisotopic (exact) mass is 306 g/mol. The predicted molar refractivity (Wildman–Crippen MR) is 82.7 cm³/mol. The molecule has 1 aliphatic rings. The molecule has 1 fully saturated rings. The van der Waals surface area contributed by atoms with E-state index in [1.807, 2.05) is 36.2 Å². The van der Waals surface area contributed by atoms with E-state index < -0.39 is 0 Å². The van der Waals surface area contributed by atoms with Crippen LogP contribution in [0.25, 0.3) is 0 Å². The molecule has 1 aromatic carbocycles. The lowest BCUT2D eigenvalue weighted by atomic mass is 10.1. The molecule has 0 spiro atoms. The first-order chi connectivity index (χ1) is 10.6. The second-order valence-corrected chi connectivity index (χ2v) is 5.58. The zero-order valence-electron chi connectivity index (χ0n) is 13.2. The van der Waals surface area contributed by atoms with E-state index in [0.29, 0.717) is 38.4 Å². The standard InChI is InChI=1S/C16H23N3O3/c1-17-16(21)14-5-3-13(4-6-14)11-18(2)12-15(20)19-7-9-22-10-8-19/h3-6H,7-12H2,1-2H3,(H,17,21)/p+1. The Hall–Kier alpha value is -1.92. The van der Waals surface area contributed by atoms with Crippen molar-refractivity contribution < 1.29 is 19.2 Å². The second kappa shape index (κ2) is 7.91. The van der Waals surface area contributed by atoms with E-state index in [1.165, 1.54) is 0 Å². The maximum absolute atomic E-state index is 12.2. The Morgan fingerprint density at radius 3 is 2.45 bits per heavy atom. The zero-order valence-corrected chi connectivity index (χ0v) is 13.2. The van der Waals surface area contributed by atoms with Crippen molar-refractivity contribution in [2.75, 3.05) is 46.9 Å². The van der Waals surface area contributed by atoms with Crippen molar-refractivity contribution in [3.63, 3.8) is 0 Å². The van der Waals surface area contributed by atoms with Crippen molar-refractivity contribution in [3.05, 3.63) is 35.4 Å². The average molecular weight is 306 g/mol. The number of morpholine rings is 1. The minimum Gasteiger partial charge on any atom is -0.378 e. The number of rotatable bonds is 5. The lowest BCUT2D eigenvalue weighted by Gasteiger charge is -2.27. The van der Waals surface area contributed by atoms with E-state index in [2.05, 4.69) is 5.32 Å². The quantitative estimate of drug-likeness (QED) is 0.727. The molecule has 6 heteroatoms. The van der Waals surface area contributed by atoms with Gasteiger partial charge in [0.2, 0.25) is 0 Å². The van der Waals surface area contributed by atoms with Gasteiger partial charge in [-0.2, -0.15) is 0 Å². The molecule has 120 valence electrons. The second-order valence-electron chi connectivity index (χ2n) is 5.58. The summed E-state index contributed by atoms with van der Waals surface area (Å²) in [5.41, 5.74) is 1.76. The Balaban J connectivity index is 1.84. The summed E-state index contributed by atoms with van der Waals surface area (Å²) in [7, 11) is 3.62. The average Bonchev–Trinajstić information content (AvgIpc) is 2.55. The van der Waals surface area contributed by atoms with Crippen LogP contribution in [0.3, 0.4) is 0 Å². The molecule has 0 radical (unpaired) electrons. The van der Waals surface area contributed by atoms with Crippen molar-refractivity contribution in [1.29, 1.82) is 0 Å². The van der Waals surface area contributed by atoms with Crippen molar-refractivity contribution in [1.82, 2.24) is 10.2 Å². The first kappa shape index (κ1) is 16.5. The first-order valence-corrected chi connectivity index (χ1v) is 7.58. The number of ether oxygens (including phenoxy) is 1. The van der Waals surface area contributed by atoms with Gasteiger partial charge in [-0.1, -0.05) is 12.1 Å². The van der Waals surface area contributed by atoms with Crippen molar-refractivity contribution in [2.24, 2.45) is 0 Å². The molecule has 2 N–H and O–H groups in total. The molecule has 2 rings (SSSR count). The molecule has 1 heterocycles. The van der Waals surface area contributed by atoms with E-state index in [4.69, 9.17) is 4.74 Å². The Bertz CT molecular complexity index is 510. The molecule has 1 unspecified atom stereocenters. The maximum atomic E-state index is 12.2. The van der Waals surface area contributed by atoms with Gasteiger partial charge >= 0.3 is 0 Å². The number of amides is 2. The van der Waals surface area contributed by atoms with Crippen molar-refractivity contribution in [3.8, 4) is 0 Å². The van der Waals surface area contributed by atoms with Crippen LogP contribution >= 0.6 is 0 Å². The van der Waals surface area contributed by atoms with Gasteiger partial charge in [-0.15, -0.1) is 0 Å². The van der Waals surface area contributed by atoms with Gasteiger partial charge in [0.05, 0.1) is 20.3 Å². The normalized spacial score (nSPS) is 16.2. The summed E-state index contributed by atoms with van der Waals surface area (Å²) in [5, 5.41) is 2.60. The van der Waals surface area contributed by atoms with Crippen LogP contribution in [0.15, 0.2) is 24.3 Å². The fourth-order valence-electron chi connectivity index (χ4n) is 2.51. The van der Waals surface area contributed by atoms with Crippen LogP contribution in [-0.2, 0) is 16.1 Å². The Kier molecular flexibility index (Phi) is 5.91. The van der Waals surface area contributed by atoms with Gasteiger partial charge < -0.3 is 19.9 Å². The molecular weight excluding hydrogens is 282 g/mol. The number of hydrogen-bond acceptors (Lipinski definition) is 3. The van der Waals surface area contributed by atoms with E-state index in [1.54, 1.807) is 7.05 Å². The third-order valence-electron chi connectivity index (χ3n) is 3.77. The topological polar surface area (TPSA) is 63.1 Å². The first-order valence-electron chi connectivity index (χ1n) is 7.58. The third-order valence-corrected chi connectivity index (χ3v) is 3.77. The number of carbonyl (C=O) groups excluding carboxylic acids is 2. The predicted octanol–water partition coefficient (Wildman–Crippen LogP) is -1.08. The summed E-state index contributed by atoms with van der Waals surface area (Å²) in [6, 6.07) is 7.50. The Labute approximate surface area is 131 Å². The molecule has 0 aliphatic carbocycles. The molecule has 0 saturated carbocycles. The van der Waals surface area contributed by atoms with Gasteiger partial charge in [0.15, 0.2) is 6.54 Å². The summed E-state index contributed by atoms with van der Waals surface area (Å²) in [6.07, 6.45) is 0. The molecule has 6 nitrogen and oxygen atoms in total. The summed E-state index contributed by atoms with van der Waals surface area (Å²) in [5.74, 6) is 0.0810. The zero-order chi connectivity index (χ0) is 15.9. The SMILES string of the molecule is CNC(=O)c1ccc(C[NH+](C)CC(=O)N2CCOCC2)cc1. The molecule has 2 amide bonds. The highest BCUT2D eigenvalue weighted by atomic mass is 16.5. The molecular formula is C16H24N3O3+. The van der Waals surface area contributed by atoms with Gasteiger partial charge in [0.25, 0.3) is 11.8 Å². The minimum absolute atomic E-state index is 0.0882. The van der Waals surface area contributed by atoms with Crippen LogP contribution in [0.4, 0.5) is 0 Å². The van der Waals surface area contributed by atoms with Gasteiger partial charge in [0, 0.05) is 31.3 Å². The summed E-state index contributed by atoms with van der Waals surface area (Å²) in [6.45, 7) is 3.86. The lowest BCUT2D eigenvalue weighted by Crippen LogP contribution is -3.08. The number of benzene rings is 1. The fraction of sp³-hybridized carbons (Fsp3) is 0.500. The van der Waals surface area contributed by atoms with E-state index in [0.717, 1.165) is 17.0 Å². The number of quaternary nitrogens is 1. The van der Waals surface area contributed by atoms with Crippen molar-refractivity contribution >= 4 is 11.8 Å². The highest BCUT2D eigenvalue weighted by Gasteiger charge is 2.20. The number of nitrogens with one attached hydrogen (secondary N) is 2. The highest BCUT2D eigenvalue weighted by molar-refractivity contribution is 5.93. The minimum atomic E-state index is -0.0882. The number of hydrogen-bond donors (Lipinski definition) is 2. The lowest BCUT2D eigenvalue weighted by molar-refractivity contribution is -0.885. The summed E-state index contributed by atoms with van der Waals surface area (Å²) >= 11 is 0. The third kappa shape index (κ3) is 4.54. The number of nitrogens with zero attached hydrogens (tertiary/aromatic N) is 1. The Morgan fingerprint density at radius 1 is 1.23 bits per heavy atom. The number of likely N-dealkylation sites (N-methyl/N-ethyl adjacent to an activating group) is 1. The van der Waals surface area contributed by atoms with E-state index in [-0.39, 0.29) is 11.8 Å². The highest BCUT2D eigenvalue weighted by Crippen LogP contribution is 2.03. The summed E-state index contributed by atoms with van der Waals surface area (Å²) < 4.78 is 5.26. The van der Waals surface area contributed by atoms with Crippen LogP contribution < -0.4 is 10.2 Å². The van der Waals surface area contributed by atoms with Crippen molar-refractivity contribution in [2.45, 2.75) is 6.54 Å². The van der Waals surface area contributed by atoms with Crippen LogP contribution in [0.1, 0.15) is 15.9 Å². The van der Waals surface area contributed by atoms with E-state index >= 15 is 0 Å². The largest absolute Gasteiger partial charge is 0.378 e. The molecule has 1 aromatic rings. The maximum Gasteiger partial charge on any atom is 0.277 e. The fourth-order valence-corrected chi connectivity index (χ4v) is 2.51. The summed E-state index contributed by atoms with van der Waals surface area (Å²) in [4.78, 5) is 26.7. The smallest absolute Gasteiger partial charge is 0.277 e. The molecule has 1 atom stereocenters. The molecule has 1 aliphatic heterocycles. The van der Waals surface area contributed by atoms with Crippen LogP contribution in [0, 0.1) is 0 Å². The van der Waals surface area contributed by atoms with Gasteiger partial charge in [-0.25, -0.2) is 0 Å². The number of carbonyl (C=O) groups is 2. The Morgan fingerprint density at radius 2 is 1.86 bits per heavy atom. The van der Waals surface area contributed by atoms with E-state index in [9.17, 15) is 9.59 Å². The van der Waals surface area contributed by atoms with Gasteiger partial charge in [0.1, 0.15) is 6.54 Å².